The van der Waals surface area contributed by atoms with Gasteiger partial charge in [0.25, 0.3) is 5.88 Å². The van der Waals surface area contributed by atoms with Gasteiger partial charge in [0.2, 0.25) is 0 Å². The summed E-state index contributed by atoms with van der Waals surface area (Å²) in [5.41, 5.74) is -0.158. The van der Waals surface area contributed by atoms with Crippen LogP contribution in [0.25, 0.3) is 12.2 Å². The number of aromatic hydroxyl groups is 1. The quantitative estimate of drug-likeness (QED) is 0.437. The van der Waals surface area contributed by atoms with Gasteiger partial charge in [-0.15, -0.1) is 0 Å². The summed E-state index contributed by atoms with van der Waals surface area (Å²) in [6, 6.07) is 14.3. The van der Waals surface area contributed by atoms with Crippen molar-refractivity contribution < 1.29 is 19.5 Å². The van der Waals surface area contributed by atoms with E-state index in [2.05, 4.69) is 16.0 Å². The fraction of sp³-hybridized carbons (Fsp3) is 0.0952. The number of aromatic amines is 1. The van der Waals surface area contributed by atoms with E-state index in [1.165, 1.54) is 13.2 Å². The number of nitro groups is 1. The molecule has 0 aliphatic carbocycles. The first-order chi connectivity index (χ1) is 14.9. The van der Waals surface area contributed by atoms with E-state index < -0.39 is 22.0 Å². The van der Waals surface area contributed by atoms with E-state index in [0.717, 1.165) is 5.56 Å². The number of aromatic nitrogens is 2. The molecule has 31 heavy (non-hydrogen) atoms. The molecule has 0 spiro atoms. The predicted molar refractivity (Wildman–Crippen MR) is 111 cm³/mol. The van der Waals surface area contributed by atoms with E-state index >= 15 is 0 Å². The van der Waals surface area contributed by atoms with Crippen LogP contribution in [0.1, 0.15) is 22.5 Å². The number of nitrogens with one attached hydrogen (secondary N) is 1. The van der Waals surface area contributed by atoms with Crippen molar-refractivity contribution in [1.82, 2.24) is 9.97 Å². The number of nitrogens with zero attached hydrogens (tertiary/aromatic N) is 3. The number of nitriles is 1. The molecule has 1 aromatic heterocycles. The van der Waals surface area contributed by atoms with E-state index in [-0.39, 0.29) is 12.4 Å². The zero-order chi connectivity index (χ0) is 22.4. The molecule has 2 aromatic carbocycles. The Balaban J connectivity index is 1.79. The summed E-state index contributed by atoms with van der Waals surface area (Å²) < 4.78 is 11.1. The summed E-state index contributed by atoms with van der Waals surface area (Å²) in [6.07, 6.45) is 2.95. The molecule has 3 aromatic rings. The number of ether oxygens (including phenoxy) is 2. The zero-order valence-corrected chi connectivity index (χ0v) is 16.2. The molecule has 0 aliphatic heterocycles. The Morgan fingerprint density at radius 3 is 2.71 bits per heavy atom. The lowest BCUT2D eigenvalue weighted by atomic mass is 10.1. The Morgan fingerprint density at radius 2 is 2.03 bits per heavy atom. The summed E-state index contributed by atoms with van der Waals surface area (Å²) in [4.78, 5) is 27.3. The molecule has 0 saturated heterocycles. The minimum atomic E-state index is -1.06. The molecule has 0 bridgehead atoms. The van der Waals surface area contributed by atoms with Gasteiger partial charge in [0, 0.05) is 5.56 Å². The molecule has 0 saturated carbocycles. The van der Waals surface area contributed by atoms with E-state index in [4.69, 9.17) is 14.7 Å². The summed E-state index contributed by atoms with van der Waals surface area (Å²) in [5.74, 6) is -0.121. The lowest BCUT2D eigenvalue weighted by Gasteiger charge is -2.12. The molecule has 3 rings (SSSR count). The maximum absolute atomic E-state index is 11.7. The zero-order valence-electron chi connectivity index (χ0n) is 16.2. The Hall–Kier alpha value is -4.65. The number of hydrogen-bond acceptors (Lipinski definition) is 8. The Labute approximate surface area is 175 Å². The van der Waals surface area contributed by atoms with Gasteiger partial charge >= 0.3 is 11.2 Å². The van der Waals surface area contributed by atoms with Crippen molar-refractivity contribution in [2.75, 3.05) is 7.11 Å². The molecule has 0 unspecified atom stereocenters. The van der Waals surface area contributed by atoms with Crippen LogP contribution in [0, 0.1) is 21.4 Å². The summed E-state index contributed by atoms with van der Waals surface area (Å²) in [7, 11) is 1.48. The molecule has 0 atom stereocenters. The second-order valence-corrected chi connectivity index (χ2v) is 6.18. The predicted octanol–water partition coefficient (Wildman–Crippen LogP) is 3.01. The lowest BCUT2D eigenvalue weighted by molar-refractivity contribution is -0.387. The first-order valence-electron chi connectivity index (χ1n) is 8.87. The van der Waals surface area contributed by atoms with Crippen LogP contribution in [0.2, 0.25) is 0 Å². The molecule has 2 N–H and O–H groups in total. The van der Waals surface area contributed by atoms with Gasteiger partial charge in [-0.2, -0.15) is 10.2 Å². The van der Waals surface area contributed by atoms with E-state index in [9.17, 15) is 20.0 Å². The topological polar surface area (TPSA) is 151 Å². The van der Waals surface area contributed by atoms with Crippen LogP contribution >= 0.6 is 0 Å². The summed E-state index contributed by atoms with van der Waals surface area (Å²) in [6.45, 7) is 0.183. The molecule has 156 valence electrons. The van der Waals surface area contributed by atoms with Crippen LogP contribution in [-0.4, -0.2) is 27.1 Å². The highest BCUT2D eigenvalue weighted by molar-refractivity contribution is 5.68. The number of rotatable bonds is 7. The smallest absolute Gasteiger partial charge is 0.395 e. The summed E-state index contributed by atoms with van der Waals surface area (Å²) >= 11 is 0. The standard InChI is InChI=1S/C21H16N4O6/c1-30-17-10-13(7-9-18-23-20(26)19(25(28)29)21(27)24-18)6-8-16(17)31-12-15-5-3-2-4-14(15)11-22/h2-10H,12H2,1H3,(H2,23,24,26,27)/b9-7+. The normalized spacial score (nSPS) is 10.6. The molecular formula is C21H16N4O6. The maximum Gasteiger partial charge on any atom is 0.395 e. The molecule has 0 radical (unpaired) electrons. The maximum atomic E-state index is 11.7. The van der Waals surface area contributed by atoms with Crippen LogP contribution in [0.15, 0.2) is 47.3 Å². The SMILES string of the molecule is COc1cc(/C=C/c2nc(O)c([N+](=O)[O-])c(=O)[nH]2)ccc1OCc1ccccc1C#N. The fourth-order valence-corrected chi connectivity index (χ4v) is 2.71. The van der Waals surface area contributed by atoms with Crippen LogP contribution in [0.3, 0.4) is 0 Å². The number of hydrogen-bond donors (Lipinski definition) is 2. The minimum Gasteiger partial charge on any atom is -0.493 e. The molecule has 10 nitrogen and oxygen atoms in total. The van der Waals surface area contributed by atoms with Crippen molar-refractivity contribution >= 4 is 17.8 Å². The third kappa shape index (κ3) is 4.86. The van der Waals surface area contributed by atoms with Crippen LogP contribution in [0.5, 0.6) is 17.4 Å². The molecule has 10 heteroatoms. The van der Waals surface area contributed by atoms with Crippen molar-refractivity contribution in [1.29, 1.82) is 5.26 Å². The van der Waals surface area contributed by atoms with Crippen molar-refractivity contribution in [3.8, 4) is 23.4 Å². The van der Waals surface area contributed by atoms with E-state index in [1.54, 1.807) is 42.5 Å². The monoisotopic (exact) mass is 420 g/mol. The second kappa shape index (κ2) is 9.23. The van der Waals surface area contributed by atoms with Crippen molar-refractivity contribution in [3.05, 3.63) is 85.4 Å². The van der Waals surface area contributed by atoms with E-state index in [0.29, 0.717) is 22.6 Å². The van der Waals surface area contributed by atoms with Gasteiger partial charge in [-0.3, -0.25) is 14.9 Å². The van der Waals surface area contributed by atoms with Gasteiger partial charge in [0.1, 0.15) is 12.4 Å². The first-order valence-corrected chi connectivity index (χ1v) is 8.87. The fourth-order valence-electron chi connectivity index (χ4n) is 2.71. The molecule has 0 fully saturated rings. The first kappa shape index (κ1) is 21.1. The van der Waals surface area contributed by atoms with Crippen LogP contribution < -0.4 is 15.0 Å². The lowest BCUT2D eigenvalue weighted by Crippen LogP contribution is -2.14. The summed E-state index contributed by atoms with van der Waals surface area (Å²) in [5, 5.41) is 29.5. The molecule has 1 heterocycles. The van der Waals surface area contributed by atoms with Crippen molar-refractivity contribution in [2.24, 2.45) is 0 Å². The van der Waals surface area contributed by atoms with Crippen LogP contribution in [0.4, 0.5) is 5.69 Å². The van der Waals surface area contributed by atoms with Crippen molar-refractivity contribution in [3.63, 3.8) is 0 Å². The van der Waals surface area contributed by atoms with Gasteiger partial charge in [-0.25, -0.2) is 0 Å². The Bertz CT molecular complexity index is 1260. The van der Waals surface area contributed by atoms with Gasteiger partial charge in [-0.1, -0.05) is 30.3 Å². The number of benzene rings is 2. The Morgan fingerprint density at radius 1 is 1.26 bits per heavy atom. The molecule has 0 amide bonds. The van der Waals surface area contributed by atoms with Crippen molar-refractivity contribution in [2.45, 2.75) is 6.61 Å². The van der Waals surface area contributed by atoms with Gasteiger partial charge in [0.15, 0.2) is 11.5 Å². The average Bonchev–Trinajstić information content (AvgIpc) is 2.75. The third-order valence-electron chi connectivity index (χ3n) is 4.22. The molecule has 0 aliphatic rings. The minimum absolute atomic E-state index is 0.0551. The highest BCUT2D eigenvalue weighted by Crippen LogP contribution is 2.30. The largest absolute Gasteiger partial charge is 0.493 e. The second-order valence-electron chi connectivity index (χ2n) is 6.18. The number of methoxy groups -OCH3 is 1. The Kier molecular flexibility index (Phi) is 6.27. The highest BCUT2D eigenvalue weighted by atomic mass is 16.6. The van der Waals surface area contributed by atoms with Gasteiger partial charge in [-0.05, 0) is 29.8 Å². The van der Waals surface area contributed by atoms with Gasteiger partial charge in [0.05, 0.1) is 23.7 Å². The van der Waals surface area contributed by atoms with E-state index in [1.807, 2.05) is 6.07 Å². The van der Waals surface area contributed by atoms with Crippen LogP contribution in [-0.2, 0) is 6.61 Å². The average molecular weight is 420 g/mol. The number of H-pyrrole nitrogens is 1. The van der Waals surface area contributed by atoms with Gasteiger partial charge < -0.3 is 19.6 Å². The molecular weight excluding hydrogens is 404 g/mol. The highest BCUT2D eigenvalue weighted by Gasteiger charge is 2.21. The third-order valence-corrected chi connectivity index (χ3v) is 4.22.